The van der Waals surface area contributed by atoms with Crippen molar-refractivity contribution in [2.24, 2.45) is 0 Å². The van der Waals surface area contributed by atoms with E-state index in [2.05, 4.69) is 9.97 Å². The van der Waals surface area contributed by atoms with E-state index in [1.54, 1.807) is 6.07 Å². The summed E-state index contributed by atoms with van der Waals surface area (Å²) < 4.78 is 5.24. The number of benzene rings is 1. The molecule has 6 nitrogen and oxygen atoms in total. The summed E-state index contributed by atoms with van der Waals surface area (Å²) in [6, 6.07) is 6.85. The predicted octanol–water partition coefficient (Wildman–Crippen LogP) is 1.71. The van der Waals surface area contributed by atoms with Gasteiger partial charge in [0, 0.05) is 5.56 Å². The maximum Gasteiger partial charge on any atom is 0.352 e. The molecule has 0 aliphatic rings. The number of ether oxygens (including phenoxy) is 1. The van der Waals surface area contributed by atoms with E-state index in [0.717, 1.165) is 12.0 Å². The molecule has 20 heavy (non-hydrogen) atoms. The Hall–Kier alpha value is -2.63. The molecule has 0 fully saturated rings. The smallest absolute Gasteiger partial charge is 0.352 e. The number of carbonyl (C=O) groups is 1. The third-order valence-electron chi connectivity index (χ3n) is 2.92. The number of aromatic nitrogens is 2. The van der Waals surface area contributed by atoms with E-state index in [9.17, 15) is 9.59 Å². The molecule has 1 aromatic carbocycles. The summed E-state index contributed by atoms with van der Waals surface area (Å²) in [5, 5.41) is 8.98. The fourth-order valence-electron chi connectivity index (χ4n) is 1.89. The molecule has 0 spiro atoms. The minimum absolute atomic E-state index is 0.205. The van der Waals surface area contributed by atoms with Crippen molar-refractivity contribution in [3.8, 4) is 17.0 Å². The van der Waals surface area contributed by atoms with Crippen LogP contribution in [-0.4, -0.2) is 28.2 Å². The first-order valence-corrected chi connectivity index (χ1v) is 6.07. The Bertz CT molecular complexity index is 707. The van der Waals surface area contributed by atoms with Crippen LogP contribution in [0.3, 0.4) is 0 Å². The number of nitrogens with one attached hydrogen (secondary N) is 1. The zero-order valence-corrected chi connectivity index (χ0v) is 11.1. The molecule has 1 heterocycles. The predicted molar refractivity (Wildman–Crippen MR) is 73.2 cm³/mol. The van der Waals surface area contributed by atoms with Crippen LogP contribution in [0.15, 0.2) is 29.1 Å². The van der Waals surface area contributed by atoms with Gasteiger partial charge in [0.2, 0.25) is 0 Å². The van der Waals surface area contributed by atoms with Gasteiger partial charge in [-0.3, -0.25) is 4.98 Å². The number of hydrogen-bond donors (Lipinski definition) is 2. The van der Waals surface area contributed by atoms with Gasteiger partial charge < -0.3 is 9.84 Å². The lowest BCUT2D eigenvalue weighted by Gasteiger charge is -2.10. The van der Waals surface area contributed by atoms with Crippen LogP contribution < -0.4 is 10.4 Å². The Morgan fingerprint density at radius 3 is 2.75 bits per heavy atom. The van der Waals surface area contributed by atoms with E-state index >= 15 is 0 Å². The van der Waals surface area contributed by atoms with Crippen molar-refractivity contribution in [2.75, 3.05) is 7.11 Å². The molecule has 0 saturated carbocycles. The van der Waals surface area contributed by atoms with E-state index < -0.39 is 11.7 Å². The molecule has 0 amide bonds. The van der Waals surface area contributed by atoms with E-state index in [-0.39, 0.29) is 11.4 Å². The number of methoxy groups -OCH3 is 1. The Morgan fingerprint density at radius 2 is 2.15 bits per heavy atom. The normalized spacial score (nSPS) is 10.3. The minimum Gasteiger partial charge on any atom is -0.496 e. The van der Waals surface area contributed by atoms with Gasteiger partial charge in [-0.15, -0.1) is 0 Å². The van der Waals surface area contributed by atoms with Gasteiger partial charge in [-0.05, 0) is 30.2 Å². The minimum atomic E-state index is -1.21. The van der Waals surface area contributed by atoms with Gasteiger partial charge in [0.1, 0.15) is 11.4 Å². The summed E-state index contributed by atoms with van der Waals surface area (Å²) >= 11 is 0. The van der Waals surface area contributed by atoms with Crippen molar-refractivity contribution < 1.29 is 14.6 Å². The molecule has 0 aliphatic heterocycles. The maximum absolute atomic E-state index is 11.5. The first kappa shape index (κ1) is 13.8. The van der Waals surface area contributed by atoms with Gasteiger partial charge >= 0.3 is 11.7 Å². The van der Waals surface area contributed by atoms with E-state index in [1.165, 1.54) is 13.2 Å². The highest BCUT2D eigenvalue weighted by molar-refractivity contribution is 5.86. The van der Waals surface area contributed by atoms with Crippen LogP contribution in [0.1, 0.15) is 23.0 Å². The Morgan fingerprint density at radius 1 is 1.40 bits per heavy atom. The van der Waals surface area contributed by atoms with Crippen molar-refractivity contribution in [3.63, 3.8) is 0 Å². The molecule has 0 saturated heterocycles. The first-order valence-electron chi connectivity index (χ1n) is 6.07. The third kappa shape index (κ3) is 2.69. The number of nitrogens with zero attached hydrogens (tertiary/aromatic N) is 1. The van der Waals surface area contributed by atoms with E-state index in [0.29, 0.717) is 11.3 Å². The van der Waals surface area contributed by atoms with Crippen LogP contribution in [0.25, 0.3) is 11.3 Å². The van der Waals surface area contributed by atoms with Crippen molar-refractivity contribution in [2.45, 2.75) is 13.3 Å². The lowest BCUT2D eigenvalue weighted by molar-refractivity contribution is 0.0690. The highest BCUT2D eigenvalue weighted by atomic mass is 16.5. The van der Waals surface area contributed by atoms with Gasteiger partial charge in [0.25, 0.3) is 0 Å². The average Bonchev–Trinajstić information content (AvgIpc) is 2.45. The topological polar surface area (TPSA) is 92.3 Å². The van der Waals surface area contributed by atoms with E-state index in [1.807, 2.05) is 19.1 Å². The molecule has 0 bridgehead atoms. The van der Waals surface area contributed by atoms with Crippen LogP contribution in [0.4, 0.5) is 0 Å². The second-order valence-corrected chi connectivity index (χ2v) is 4.18. The zero-order valence-electron chi connectivity index (χ0n) is 11.1. The van der Waals surface area contributed by atoms with Crippen LogP contribution in [0.2, 0.25) is 0 Å². The van der Waals surface area contributed by atoms with Crippen LogP contribution in [0.5, 0.6) is 5.75 Å². The molecular weight excluding hydrogens is 260 g/mol. The van der Waals surface area contributed by atoms with Crippen LogP contribution in [-0.2, 0) is 6.42 Å². The Labute approximate surface area is 115 Å². The second-order valence-electron chi connectivity index (χ2n) is 4.18. The number of aryl methyl sites for hydroxylation is 1. The zero-order chi connectivity index (χ0) is 14.7. The molecule has 0 radical (unpaired) electrons. The highest BCUT2D eigenvalue weighted by Gasteiger charge is 2.13. The fraction of sp³-hybridized carbons (Fsp3) is 0.214. The molecule has 104 valence electrons. The SMILES string of the molecule is CCc1ccc(OC)c(-c2cc(C(=O)O)[nH]c(=O)n2)c1. The number of rotatable bonds is 4. The molecule has 6 heteroatoms. The quantitative estimate of drug-likeness (QED) is 0.885. The summed E-state index contributed by atoms with van der Waals surface area (Å²) in [6.07, 6.45) is 0.811. The molecular formula is C14H14N2O4. The Balaban J connectivity index is 2.66. The molecule has 1 aromatic heterocycles. The summed E-state index contributed by atoms with van der Waals surface area (Å²) in [5.41, 5.74) is 1.01. The standard InChI is InChI=1S/C14H14N2O4/c1-3-8-4-5-12(20-2)9(6-8)10-7-11(13(17)18)16-14(19)15-10/h4-7H,3H2,1-2H3,(H,17,18)(H,15,16,19). The van der Waals surface area contributed by atoms with Gasteiger partial charge in [0.15, 0.2) is 0 Å². The lowest BCUT2D eigenvalue weighted by atomic mass is 10.0. The first-order chi connectivity index (χ1) is 9.55. The molecule has 0 aliphatic carbocycles. The number of aromatic carboxylic acids is 1. The van der Waals surface area contributed by atoms with Crippen LogP contribution in [0, 0.1) is 0 Å². The van der Waals surface area contributed by atoms with Crippen molar-refractivity contribution in [1.29, 1.82) is 0 Å². The number of aromatic amines is 1. The monoisotopic (exact) mass is 274 g/mol. The molecule has 0 atom stereocenters. The summed E-state index contributed by atoms with van der Waals surface area (Å²) in [4.78, 5) is 28.4. The van der Waals surface area contributed by atoms with Gasteiger partial charge in [-0.25, -0.2) is 9.59 Å². The summed E-state index contributed by atoms with van der Waals surface area (Å²) in [6.45, 7) is 2.00. The second kappa shape index (κ2) is 5.56. The Kier molecular flexibility index (Phi) is 3.84. The van der Waals surface area contributed by atoms with Gasteiger partial charge in [-0.1, -0.05) is 13.0 Å². The molecule has 2 aromatic rings. The molecule has 2 N–H and O–H groups in total. The van der Waals surface area contributed by atoms with E-state index in [4.69, 9.17) is 9.84 Å². The van der Waals surface area contributed by atoms with Crippen LogP contribution >= 0.6 is 0 Å². The highest BCUT2D eigenvalue weighted by Crippen LogP contribution is 2.29. The average molecular weight is 274 g/mol. The number of carboxylic acids is 1. The fourth-order valence-corrected chi connectivity index (χ4v) is 1.89. The van der Waals surface area contributed by atoms with Crippen molar-refractivity contribution in [3.05, 3.63) is 46.0 Å². The molecule has 2 rings (SSSR count). The third-order valence-corrected chi connectivity index (χ3v) is 2.92. The number of carboxylic acid groups (broad SMARTS) is 1. The summed E-state index contributed by atoms with van der Waals surface area (Å²) in [5.74, 6) is -0.673. The van der Waals surface area contributed by atoms with Gasteiger partial charge in [-0.2, -0.15) is 4.98 Å². The summed E-state index contributed by atoms with van der Waals surface area (Å²) in [7, 11) is 1.51. The van der Waals surface area contributed by atoms with Crippen molar-refractivity contribution in [1.82, 2.24) is 9.97 Å². The number of hydrogen-bond acceptors (Lipinski definition) is 4. The number of H-pyrrole nitrogens is 1. The van der Waals surface area contributed by atoms with Crippen molar-refractivity contribution >= 4 is 5.97 Å². The molecule has 0 unspecified atom stereocenters. The lowest BCUT2D eigenvalue weighted by Crippen LogP contribution is -2.16. The maximum atomic E-state index is 11.5. The largest absolute Gasteiger partial charge is 0.496 e. The van der Waals surface area contributed by atoms with Gasteiger partial charge in [0.05, 0.1) is 12.8 Å².